The summed E-state index contributed by atoms with van der Waals surface area (Å²) in [6, 6.07) is 17.4. The van der Waals surface area contributed by atoms with E-state index in [2.05, 4.69) is 20.8 Å². The van der Waals surface area contributed by atoms with Gasteiger partial charge in [0, 0.05) is 28.0 Å². The van der Waals surface area contributed by atoms with Crippen LogP contribution in [0, 0.1) is 0 Å². The first kappa shape index (κ1) is 16.7. The molecule has 3 aromatic rings. The van der Waals surface area contributed by atoms with Gasteiger partial charge in [0.25, 0.3) is 0 Å². The lowest BCUT2D eigenvalue weighted by Crippen LogP contribution is -2.19. The van der Waals surface area contributed by atoms with Crippen LogP contribution in [0.2, 0.25) is 5.02 Å². The van der Waals surface area contributed by atoms with Gasteiger partial charge in [0.1, 0.15) is 0 Å². The number of hydrogen-bond donors (Lipinski definition) is 2. The molecule has 2 amide bonds. The van der Waals surface area contributed by atoms with Crippen molar-refractivity contribution in [2.75, 3.05) is 17.7 Å². The molecule has 0 atom stereocenters. The van der Waals surface area contributed by atoms with Crippen LogP contribution >= 0.6 is 11.6 Å². The summed E-state index contributed by atoms with van der Waals surface area (Å²) in [6.45, 7) is 0. The molecule has 0 aliphatic rings. The van der Waals surface area contributed by atoms with Crippen molar-refractivity contribution in [3.05, 3.63) is 65.7 Å². The highest BCUT2D eigenvalue weighted by Crippen LogP contribution is 2.20. The summed E-state index contributed by atoms with van der Waals surface area (Å²) < 4.78 is 4.99. The number of benzene rings is 2. The van der Waals surface area contributed by atoms with E-state index in [1.54, 1.807) is 49.6 Å². The molecule has 3 rings (SSSR count). The van der Waals surface area contributed by atoms with E-state index in [1.165, 1.54) is 0 Å². The molecule has 1 aromatic heterocycles. The largest absolute Gasteiger partial charge is 0.480 e. The SMILES string of the molecule is COc1ccc(-c2ccc(NC(=O)Nc3cccc(Cl)c3)cc2)nn1. The predicted molar refractivity (Wildman–Crippen MR) is 98.1 cm³/mol. The topological polar surface area (TPSA) is 76.1 Å². The molecule has 7 heteroatoms. The minimum absolute atomic E-state index is 0.348. The van der Waals surface area contributed by atoms with E-state index in [0.717, 1.165) is 11.3 Å². The molecule has 25 heavy (non-hydrogen) atoms. The molecule has 0 radical (unpaired) electrons. The van der Waals surface area contributed by atoms with Crippen LogP contribution in [0.3, 0.4) is 0 Å². The minimum Gasteiger partial charge on any atom is -0.480 e. The number of carbonyl (C=O) groups excluding carboxylic acids is 1. The summed E-state index contributed by atoms with van der Waals surface area (Å²) in [5.74, 6) is 0.458. The van der Waals surface area contributed by atoms with Gasteiger partial charge in [0.2, 0.25) is 5.88 Å². The Labute approximate surface area is 149 Å². The van der Waals surface area contributed by atoms with Crippen LogP contribution in [0.15, 0.2) is 60.7 Å². The highest BCUT2D eigenvalue weighted by atomic mass is 35.5. The van der Waals surface area contributed by atoms with E-state index in [4.69, 9.17) is 16.3 Å². The van der Waals surface area contributed by atoms with Crippen LogP contribution in [0.5, 0.6) is 5.88 Å². The molecule has 0 aliphatic carbocycles. The summed E-state index contributed by atoms with van der Waals surface area (Å²) in [7, 11) is 1.54. The minimum atomic E-state index is -0.348. The number of ether oxygens (including phenoxy) is 1. The zero-order chi connectivity index (χ0) is 17.6. The Kier molecular flexibility index (Phi) is 5.11. The van der Waals surface area contributed by atoms with Gasteiger partial charge in [-0.3, -0.25) is 0 Å². The number of aromatic nitrogens is 2. The van der Waals surface area contributed by atoms with E-state index in [-0.39, 0.29) is 6.03 Å². The number of halogens is 1. The van der Waals surface area contributed by atoms with E-state index in [0.29, 0.717) is 22.3 Å². The Balaban J connectivity index is 1.64. The number of urea groups is 1. The fourth-order valence-electron chi connectivity index (χ4n) is 2.17. The van der Waals surface area contributed by atoms with Crippen molar-refractivity contribution >= 4 is 29.0 Å². The van der Waals surface area contributed by atoms with Gasteiger partial charge in [0.15, 0.2) is 0 Å². The van der Waals surface area contributed by atoms with Crippen molar-refractivity contribution in [2.45, 2.75) is 0 Å². The zero-order valence-electron chi connectivity index (χ0n) is 13.4. The Morgan fingerprint density at radius 3 is 2.36 bits per heavy atom. The van der Waals surface area contributed by atoms with Crippen molar-refractivity contribution in [2.24, 2.45) is 0 Å². The number of amides is 2. The molecular weight excluding hydrogens is 340 g/mol. The number of nitrogens with one attached hydrogen (secondary N) is 2. The number of hydrogen-bond acceptors (Lipinski definition) is 4. The normalized spacial score (nSPS) is 10.2. The van der Waals surface area contributed by atoms with Crippen molar-refractivity contribution in [1.29, 1.82) is 0 Å². The van der Waals surface area contributed by atoms with Crippen LogP contribution in [0.25, 0.3) is 11.3 Å². The lowest BCUT2D eigenvalue weighted by molar-refractivity contribution is 0.262. The number of methoxy groups -OCH3 is 1. The zero-order valence-corrected chi connectivity index (χ0v) is 14.1. The van der Waals surface area contributed by atoms with Gasteiger partial charge in [-0.1, -0.05) is 29.8 Å². The number of rotatable bonds is 4. The second kappa shape index (κ2) is 7.63. The third kappa shape index (κ3) is 4.45. The van der Waals surface area contributed by atoms with Gasteiger partial charge in [-0.2, -0.15) is 0 Å². The first-order chi connectivity index (χ1) is 12.1. The van der Waals surface area contributed by atoms with Gasteiger partial charge < -0.3 is 15.4 Å². The van der Waals surface area contributed by atoms with Crippen LogP contribution in [0.1, 0.15) is 0 Å². The fourth-order valence-corrected chi connectivity index (χ4v) is 2.36. The number of carbonyl (C=O) groups is 1. The highest BCUT2D eigenvalue weighted by molar-refractivity contribution is 6.30. The predicted octanol–water partition coefficient (Wildman–Crippen LogP) is 4.45. The first-order valence-electron chi connectivity index (χ1n) is 7.46. The van der Waals surface area contributed by atoms with Crippen LogP contribution < -0.4 is 15.4 Å². The molecule has 0 spiro atoms. The number of anilines is 2. The maximum absolute atomic E-state index is 12.0. The molecule has 0 saturated carbocycles. The summed E-state index contributed by atoms with van der Waals surface area (Å²) in [5.41, 5.74) is 2.88. The van der Waals surface area contributed by atoms with Gasteiger partial charge in [-0.25, -0.2) is 4.79 Å². The van der Waals surface area contributed by atoms with E-state index in [9.17, 15) is 4.79 Å². The quantitative estimate of drug-likeness (QED) is 0.725. The van der Waals surface area contributed by atoms with Crippen molar-refractivity contribution in [3.8, 4) is 17.1 Å². The van der Waals surface area contributed by atoms with E-state index < -0.39 is 0 Å². The average Bonchev–Trinajstić information content (AvgIpc) is 2.62. The second-order valence-electron chi connectivity index (χ2n) is 5.13. The lowest BCUT2D eigenvalue weighted by Gasteiger charge is -2.08. The van der Waals surface area contributed by atoms with Gasteiger partial charge in [-0.05, 0) is 36.4 Å². The maximum Gasteiger partial charge on any atom is 0.323 e. The summed E-state index contributed by atoms with van der Waals surface area (Å²) in [4.78, 5) is 12.0. The molecule has 0 bridgehead atoms. The van der Waals surface area contributed by atoms with Crippen molar-refractivity contribution in [3.63, 3.8) is 0 Å². The molecule has 0 aliphatic heterocycles. The fraction of sp³-hybridized carbons (Fsp3) is 0.0556. The van der Waals surface area contributed by atoms with Crippen LogP contribution in [0.4, 0.5) is 16.2 Å². The maximum atomic E-state index is 12.0. The third-order valence-electron chi connectivity index (χ3n) is 3.37. The van der Waals surface area contributed by atoms with Gasteiger partial charge in [0.05, 0.1) is 12.8 Å². The standard InChI is InChI=1S/C18H15ClN4O2/c1-25-17-10-9-16(22-23-17)12-5-7-14(8-6-12)20-18(24)21-15-4-2-3-13(19)11-15/h2-11H,1H3,(H2,20,21,24). The van der Waals surface area contributed by atoms with Crippen molar-refractivity contribution in [1.82, 2.24) is 10.2 Å². The number of nitrogens with zero attached hydrogens (tertiary/aromatic N) is 2. The van der Waals surface area contributed by atoms with Crippen LogP contribution in [-0.2, 0) is 0 Å². The van der Waals surface area contributed by atoms with Gasteiger partial charge in [-0.15, -0.1) is 10.2 Å². The Morgan fingerprint density at radius 1 is 0.960 bits per heavy atom. The molecule has 1 heterocycles. The lowest BCUT2D eigenvalue weighted by atomic mass is 10.1. The second-order valence-corrected chi connectivity index (χ2v) is 5.56. The molecule has 0 saturated heterocycles. The first-order valence-corrected chi connectivity index (χ1v) is 7.83. The Bertz CT molecular complexity index is 867. The summed E-state index contributed by atoms with van der Waals surface area (Å²) in [6.07, 6.45) is 0. The highest BCUT2D eigenvalue weighted by Gasteiger charge is 2.05. The van der Waals surface area contributed by atoms with E-state index in [1.807, 2.05) is 18.2 Å². The molecule has 0 unspecified atom stereocenters. The molecule has 126 valence electrons. The van der Waals surface area contributed by atoms with E-state index >= 15 is 0 Å². The molecule has 2 aromatic carbocycles. The molecule has 2 N–H and O–H groups in total. The third-order valence-corrected chi connectivity index (χ3v) is 3.61. The van der Waals surface area contributed by atoms with Crippen LogP contribution in [-0.4, -0.2) is 23.3 Å². The monoisotopic (exact) mass is 354 g/mol. The van der Waals surface area contributed by atoms with Gasteiger partial charge >= 0.3 is 6.03 Å². The van der Waals surface area contributed by atoms with Crippen molar-refractivity contribution < 1.29 is 9.53 Å². The smallest absolute Gasteiger partial charge is 0.323 e. The molecule has 6 nitrogen and oxygen atoms in total. The average molecular weight is 355 g/mol. The Hall–Kier alpha value is -3.12. The molecular formula is C18H15ClN4O2. The molecule has 0 fully saturated rings. The Morgan fingerprint density at radius 2 is 1.72 bits per heavy atom. The summed E-state index contributed by atoms with van der Waals surface area (Å²) in [5, 5.41) is 14.1. The summed E-state index contributed by atoms with van der Waals surface area (Å²) >= 11 is 5.89.